The van der Waals surface area contributed by atoms with Gasteiger partial charge in [-0.2, -0.15) is 0 Å². The molecule has 0 bridgehead atoms. The number of hydrogen-bond donors (Lipinski definition) is 4. The Morgan fingerprint density at radius 2 is 1.00 bits per heavy atom. The van der Waals surface area contributed by atoms with E-state index < -0.39 is 35.7 Å². The summed E-state index contributed by atoms with van der Waals surface area (Å²) in [6.07, 6.45) is 11.4. The Bertz CT molecular complexity index is 3280. The quantitative estimate of drug-likeness (QED) is 0.0528. The van der Waals surface area contributed by atoms with E-state index in [1.165, 1.54) is 85.7 Å². The molecule has 9 rings (SSSR count). The summed E-state index contributed by atoms with van der Waals surface area (Å²) < 4.78 is 0. The second-order valence-electron chi connectivity index (χ2n) is 20.8. The maximum absolute atomic E-state index is 13.1. The van der Waals surface area contributed by atoms with Crippen molar-refractivity contribution >= 4 is 120 Å². The number of aromatic nitrogens is 3. The van der Waals surface area contributed by atoms with Crippen LogP contribution in [0.2, 0.25) is 10.0 Å². The molecule has 2 aliphatic rings. The van der Waals surface area contributed by atoms with Gasteiger partial charge in [-0.15, -0.1) is 45.3 Å². The van der Waals surface area contributed by atoms with Crippen LogP contribution < -0.4 is 15.1 Å². The molecule has 3 unspecified atom stereocenters. The fourth-order valence-corrected chi connectivity index (χ4v) is 14.2. The number of aliphatic carboxylic acids is 3. The van der Waals surface area contributed by atoms with Crippen molar-refractivity contribution in [3.05, 3.63) is 126 Å². The van der Waals surface area contributed by atoms with E-state index >= 15 is 0 Å². The maximum atomic E-state index is 13.1. The molecule has 0 saturated heterocycles. The van der Waals surface area contributed by atoms with Crippen LogP contribution >= 0.6 is 68.5 Å². The Morgan fingerprint density at radius 3 is 1.45 bits per heavy atom. The Kier molecular flexibility index (Phi) is 23.8. The molecule has 0 spiro atoms. The van der Waals surface area contributed by atoms with E-state index in [2.05, 4.69) is 33.3 Å². The van der Waals surface area contributed by atoms with E-state index in [1.807, 2.05) is 89.8 Å². The molecule has 434 valence electrons. The van der Waals surface area contributed by atoms with E-state index in [0.717, 1.165) is 53.6 Å². The van der Waals surface area contributed by atoms with Gasteiger partial charge in [0.1, 0.15) is 0 Å². The minimum absolute atomic E-state index is 0.136. The van der Waals surface area contributed by atoms with Crippen LogP contribution in [0.4, 0.5) is 15.4 Å². The van der Waals surface area contributed by atoms with Gasteiger partial charge in [-0.25, -0.2) is 15.0 Å². The Labute approximate surface area is 504 Å². The van der Waals surface area contributed by atoms with Gasteiger partial charge in [0.25, 0.3) is 0 Å². The molecule has 2 aliphatic carbocycles. The van der Waals surface area contributed by atoms with E-state index in [1.54, 1.807) is 37.6 Å². The third-order valence-electron chi connectivity index (χ3n) is 14.7. The number of carboxylic acids is 3. The first-order chi connectivity index (χ1) is 39.3. The van der Waals surface area contributed by atoms with E-state index in [4.69, 9.17) is 23.2 Å². The molecule has 2 fully saturated rings. The van der Waals surface area contributed by atoms with Crippen LogP contribution in [-0.4, -0.2) is 80.0 Å². The summed E-state index contributed by atoms with van der Waals surface area (Å²) in [6.45, 7) is 4.10. The SMILES string of the molecule is CN(C(=O)C(CC(=O)O)CC1CCCC1)c1nc(-c2ccccc2Cl)cs1.CN(C(=O)C(CC(=O)O)CC1CCCCC1)c1nc(-c2ccccc2Cl)cs1.Cc1cc(-c2csc(NC(=O)C(CC(=O)O)Cc3ccccc3)n2)c(C)s1. The monoisotopic (exact) mass is 1230 g/mol. The van der Waals surface area contributed by atoms with Gasteiger partial charge in [0.2, 0.25) is 17.7 Å². The fraction of sp³-hybridized carbons (Fsp3) is 0.393. The number of thiazole rings is 3. The van der Waals surface area contributed by atoms with Gasteiger partial charge in [0.15, 0.2) is 15.4 Å². The molecule has 3 amide bonds. The van der Waals surface area contributed by atoms with Crippen LogP contribution in [0.1, 0.15) is 105 Å². The molecule has 15 nitrogen and oxygen atoms in total. The fourth-order valence-electron chi connectivity index (χ4n) is 10.5. The number of aryl methyl sites for hydroxylation is 2. The third kappa shape index (κ3) is 18.3. The minimum atomic E-state index is -0.990. The molecule has 3 atom stereocenters. The van der Waals surface area contributed by atoms with Crippen LogP contribution in [0.15, 0.2) is 101 Å². The summed E-state index contributed by atoms with van der Waals surface area (Å²) in [7, 11) is 3.34. The molecule has 0 aliphatic heterocycles. The topological polar surface area (TPSA) is 220 Å². The van der Waals surface area contributed by atoms with Crippen molar-refractivity contribution < 1.29 is 44.1 Å². The molecule has 82 heavy (non-hydrogen) atoms. The van der Waals surface area contributed by atoms with E-state index in [-0.39, 0.29) is 37.0 Å². The van der Waals surface area contributed by atoms with Gasteiger partial charge in [0.05, 0.1) is 42.3 Å². The van der Waals surface area contributed by atoms with Crippen LogP contribution in [0.5, 0.6) is 0 Å². The number of thiophene rings is 1. The maximum Gasteiger partial charge on any atom is 0.304 e. The second kappa shape index (κ2) is 30.8. The largest absolute Gasteiger partial charge is 0.481 e. The summed E-state index contributed by atoms with van der Waals surface area (Å²) in [5.74, 6) is -4.32. The Morgan fingerprint density at radius 1 is 0.573 bits per heavy atom. The summed E-state index contributed by atoms with van der Waals surface area (Å²) in [6, 6.07) is 26.4. The lowest BCUT2D eigenvalue weighted by atomic mass is 9.81. The molecular weight excluding hydrogens is 1160 g/mol. The van der Waals surface area contributed by atoms with Crippen LogP contribution in [0.25, 0.3) is 33.8 Å². The molecular formula is C61H68Cl2N6O9S4. The zero-order valence-electron chi connectivity index (χ0n) is 46.2. The van der Waals surface area contributed by atoms with E-state index in [9.17, 15) is 44.1 Å². The highest BCUT2D eigenvalue weighted by Crippen LogP contribution is 2.38. The Hall–Kier alpha value is -6.35. The number of carbonyl (C=O) groups is 6. The predicted octanol–water partition coefficient (Wildman–Crippen LogP) is 15.3. The number of rotatable bonds is 21. The van der Waals surface area contributed by atoms with Gasteiger partial charge < -0.3 is 20.6 Å². The predicted molar refractivity (Wildman–Crippen MR) is 331 cm³/mol. The van der Waals surface area contributed by atoms with Crippen LogP contribution in [0, 0.1) is 43.4 Å². The summed E-state index contributed by atoms with van der Waals surface area (Å²) >= 11 is 18.3. The highest BCUT2D eigenvalue weighted by atomic mass is 35.5. The lowest BCUT2D eigenvalue weighted by Crippen LogP contribution is -2.35. The first kappa shape index (κ1) is 63.2. The normalized spacial score (nSPS) is 14.5. The van der Waals surface area contributed by atoms with Crippen molar-refractivity contribution in [2.45, 2.75) is 110 Å². The molecule has 4 heterocycles. The van der Waals surface area contributed by atoms with Crippen LogP contribution in [-0.2, 0) is 35.2 Å². The van der Waals surface area contributed by atoms with Crippen molar-refractivity contribution in [3.63, 3.8) is 0 Å². The average molecular weight is 1230 g/mol. The summed E-state index contributed by atoms with van der Waals surface area (Å²) in [5.41, 5.74) is 5.89. The molecule has 2 saturated carbocycles. The van der Waals surface area contributed by atoms with Crippen molar-refractivity contribution in [1.29, 1.82) is 0 Å². The standard InChI is InChI=1S/C21H25ClN2O3S.C20H23ClN2O3S.C20H20N2O3S2/c1-24(21-23-18(13-28-21)16-9-5-6-10-17(16)22)20(27)15(12-19(25)26)11-14-7-3-2-4-8-14;1-23(19(26)14(11-18(24)25)10-13-6-2-3-7-13)20-22-17(12-27-20)15-8-4-5-9-16(15)21;1-12-8-16(13(2)27-12)17-11-26-20(21-17)22-19(25)15(10-18(23)24)9-14-6-4-3-5-7-14/h5-6,9-10,13-15H,2-4,7-8,11-12H2,1H3,(H,25,26);4-5,8-9,12-14H,2-3,6-7,10-11H2,1H3,(H,24,25);3-8,11,15H,9-10H2,1-2H3,(H,23,24)(H,21,22,25). The van der Waals surface area contributed by atoms with Gasteiger partial charge in [0, 0.05) is 78.6 Å². The molecule has 4 aromatic heterocycles. The van der Waals surface area contributed by atoms with E-state index in [0.29, 0.717) is 67.9 Å². The number of amides is 3. The third-order valence-corrected chi connectivity index (χ3v) is 18.9. The lowest BCUT2D eigenvalue weighted by Gasteiger charge is -2.27. The summed E-state index contributed by atoms with van der Waals surface area (Å²) in [5, 5.41) is 39.0. The molecule has 4 N–H and O–H groups in total. The lowest BCUT2D eigenvalue weighted by molar-refractivity contribution is -0.141. The molecule has 7 aromatic rings. The van der Waals surface area contributed by atoms with Gasteiger partial charge in [-0.3, -0.25) is 38.6 Å². The zero-order valence-corrected chi connectivity index (χ0v) is 51.0. The minimum Gasteiger partial charge on any atom is -0.481 e. The van der Waals surface area contributed by atoms with Gasteiger partial charge in [-0.1, -0.05) is 148 Å². The number of halogens is 2. The summed E-state index contributed by atoms with van der Waals surface area (Å²) in [4.78, 5) is 91.5. The number of hydrogen-bond acceptors (Lipinski definition) is 13. The molecule has 3 aromatic carbocycles. The zero-order chi connectivity index (χ0) is 58.9. The number of carboxylic acid groups (broad SMARTS) is 3. The number of anilines is 3. The molecule has 21 heteroatoms. The Balaban J connectivity index is 0.000000177. The number of nitrogens with zero attached hydrogens (tertiary/aromatic N) is 5. The average Bonchev–Trinajstić information content (AvgIpc) is 4.50. The number of carbonyl (C=O) groups excluding carboxylic acids is 3. The number of nitrogens with one attached hydrogen (secondary N) is 1. The number of benzene rings is 3. The van der Waals surface area contributed by atoms with Crippen molar-refractivity contribution in [3.8, 4) is 33.8 Å². The molecule has 0 radical (unpaired) electrons. The van der Waals surface area contributed by atoms with Gasteiger partial charge in [-0.05, 0) is 68.7 Å². The highest BCUT2D eigenvalue weighted by Gasteiger charge is 2.32. The first-order valence-electron chi connectivity index (χ1n) is 27.3. The van der Waals surface area contributed by atoms with Crippen molar-refractivity contribution in [1.82, 2.24) is 15.0 Å². The second-order valence-corrected chi connectivity index (χ2v) is 25.6. The van der Waals surface area contributed by atoms with Crippen molar-refractivity contribution in [2.24, 2.45) is 29.6 Å². The first-order valence-corrected chi connectivity index (χ1v) is 31.5. The van der Waals surface area contributed by atoms with Crippen LogP contribution in [0.3, 0.4) is 0 Å². The highest BCUT2D eigenvalue weighted by molar-refractivity contribution is 7.15. The smallest absolute Gasteiger partial charge is 0.304 e. The van der Waals surface area contributed by atoms with Gasteiger partial charge >= 0.3 is 17.9 Å². The van der Waals surface area contributed by atoms with Crippen molar-refractivity contribution in [2.75, 3.05) is 29.2 Å².